The molecular weight excluding hydrogens is 888 g/mol. The van der Waals surface area contributed by atoms with Crippen molar-refractivity contribution in [3.8, 4) is 0 Å². The topological polar surface area (TPSA) is 105 Å². The second-order valence-corrected chi connectivity index (χ2v) is 21.7. The summed E-state index contributed by atoms with van der Waals surface area (Å²) in [5.74, 6) is -0.156. The number of unbranched alkanes of at least 4 members (excludes halogenated alkanes) is 22. The maximum absolute atomic E-state index is 13.0. The monoisotopic (exact) mass is 998 g/mol. The Labute approximate surface area is 432 Å². The SMILES string of the molecule is CC/C=C\C/C=C\C/C=C\C/C=C\C/C=C\C/C=C\C/C=C\C/C=C\CCCCCCCCCCC(=O)NC(COP(=O)(O)OCC[N+](C)(C)C)C(O)CCCCCCCCCCCCCCCCC. The molecule has 3 N–H and O–H groups in total. The van der Waals surface area contributed by atoms with Gasteiger partial charge in [0.05, 0.1) is 39.9 Å². The van der Waals surface area contributed by atoms with Gasteiger partial charge in [0.1, 0.15) is 13.2 Å². The molecule has 9 heteroatoms. The lowest BCUT2D eigenvalue weighted by Crippen LogP contribution is -2.46. The van der Waals surface area contributed by atoms with Crippen LogP contribution in [0.5, 0.6) is 0 Å². The molecule has 0 aromatic carbocycles. The lowest BCUT2D eigenvalue weighted by atomic mass is 10.0. The number of hydrogen-bond acceptors (Lipinski definition) is 5. The molecule has 0 aliphatic heterocycles. The number of quaternary nitrogens is 1. The molecule has 0 radical (unpaired) electrons. The molecule has 0 saturated carbocycles. The first-order valence-corrected chi connectivity index (χ1v) is 30.1. The average molecular weight is 999 g/mol. The minimum Gasteiger partial charge on any atom is -0.391 e. The van der Waals surface area contributed by atoms with Crippen molar-refractivity contribution in [2.75, 3.05) is 40.9 Å². The van der Waals surface area contributed by atoms with Crippen LogP contribution in [0.2, 0.25) is 0 Å². The number of likely N-dealkylation sites (N-methyl/N-ethyl adjacent to an activating group) is 1. The highest BCUT2D eigenvalue weighted by atomic mass is 31.2. The summed E-state index contributed by atoms with van der Waals surface area (Å²) in [6.45, 7) is 4.77. The van der Waals surface area contributed by atoms with E-state index in [2.05, 4.69) is 116 Å². The molecule has 0 aliphatic rings. The van der Waals surface area contributed by atoms with Gasteiger partial charge in [0.15, 0.2) is 0 Å². The number of allylic oxidation sites excluding steroid dienone is 16. The number of carbonyl (C=O) groups is 1. The predicted octanol–water partition coefficient (Wildman–Crippen LogP) is 17.4. The Morgan fingerprint density at radius 1 is 0.500 bits per heavy atom. The molecule has 3 atom stereocenters. The number of amides is 1. The Hall–Kier alpha value is -2.58. The van der Waals surface area contributed by atoms with Gasteiger partial charge >= 0.3 is 7.82 Å². The lowest BCUT2D eigenvalue weighted by Gasteiger charge is -2.26. The predicted molar refractivity (Wildman–Crippen MR) is 304 cm³/mol. The smallest absolute Gasteiger partial charge is 0.391 e. The molecule has 0 saturated heterocycles. The van der Waals surface area contributed by atoms with Gasteiger partial charge in [0.2, 0.25) is 5.91 Å². The van der Waals surface area contributed by atoms with Crippen LogP contribution in [-0.4, -0.2) is 73.4 Å². The minimum absolute atomic E-state index is 0.0685. The first kappa shape index (κ1) is 67.4. The molecule has 0 aromatic heterocycles. The largest absolute Gasteiger partial charge is 0.472 e. The maximum atomic E-state index is 13.0. The van der Waals surface area contributed by atoms with E-state index in [1.54, 1.807) is 0 Å². The first-order valence-electron chi connectivity index (χ1n) is 28.6. The van der Waals surface area contributed by atoms with Gasteiger partial charge in [-0.2, -0.15) is 0 Å². The van der Waals surface area contributed by atoms with Crippen LogP contribution in [0.3, 0.4) is 0 Å². The molecule has 1 amide bonds. The van der Waals surface area contributed by atoms with Crippen molar-refractivity contribution >= 4 is 13.7 Å². The van der Waals surface area contributed by atoms with Gasteiger partial charge < -0.3 is 19.8 Å². The Bertz CT molecular complexity index is 1460. The maximum Gasteiger partial charge on any atom is 0.472 e. The molecule has 0 aliphatic carbocycles. The van der Waals surface area contributed by atoms with Crippen LogP contribution in [0.15, 0.2) is 97.2 Å². The fourth-order valence-electron chi connectivity index (χ4n) is 7.89. The van der Waals surface area contributed by atoms with Crippen LogP contribution >= 0.6 is 7.82 Å². The molecule has 0 bridgehead atoms. The number of carbonyl (C=O) groups excluding carboxylic acids is 1. The first-order chi connectivity index (χ1) is 34.0. The van der Waals surface area contributed by atoms with E-state index in [0.29, 0.717) is 23.9 Å². The van der Waals surface area contributed by atoms with E-state index in [-0.39, 0.29) is 19.1 Å². The Morgan fingerprint density at radius 2 is 0.857 bits per heavy atom. The van der Waals surface area contributed by atoms with E-state index in [9.17, 15) is 19.4 Å². The van der Waals surface area contributed by atoms with Gasteiger partial charge in [0, 0.05) is 6.42 Å². The van der Waals surface area contributed by atoms with Crippen molar-refractivity contribution in [3.05, 3.63) is 97.2 Å². The third kappa shape index (κ3) is 53.2. The normalized spacial score (nSPS) is 14.7. The van der Waals surface area contributed by atoms with Gasteiger partial charge in [-0.25, -0.2) is 4.57 Å². The average Bonchev–Trinajstić information content (AvgIpc) is 3.32. The van der Waals surface area contributed by atoms with E-state index >= 15 is 0 Å². The lowest BCUT2D eigenvalue weighted by molar-refractivity contribution is -0.870. The van der Waals surface area contributed by atoms with Gasteiger partial charge in [-0.05, 0) is 77.0 Å². The summed E-state index contributed by atoms with van der Waals surface area (Å²) >= 11 is 0. The third-order valence-corrected chi connectivity index (χ3v) is 13.3. The van der Waals surface area contributed by atoms with Crippen molar-refractivity contribution in [1.82, 2.24) is 5.32 Å². The van der Waals surface area contributed by atoms with Gasteiger partial charge in [-0.15, -0.1) is 0 Å². The Kier molecular flexibility index (Phi) is 49.4. The number of phosphoric acid groups is 1. The molecular formula is C61H110N2O6P+. The quantitative estimate of drug-likeness (QED) is 0.0243. The van der Waals surface area contributed by atoms with Crippen molar-refractivity contribution in [3.63, 3.8) is 0 Å². The van der Waals surface area contributed by atoms with Crippen LogP contribution in [0, 0.1) is 0 Å². The molecule has 0 heterocycles. The molecule has 0 spiro atoms. The second kappa shape index (κ2) is 51.3. The molecule has 70 heavy (non-hydrogen) atoms. The molecule has 0 aromatic rings. The summed E-state index contributed by atoms with van der Waals surface area (Å²) in [6, 6.07) is -0.771. The summed E-state index contributed by atoms with van der Waals surface area (Å²) in [4.78, 5) is 23.3. The van der Waals surface area contributed by atoms with Gasteiger partial charge in [-0.3, -0.25) is 13.8 Å². The Balaban J connectivity index is 4.17. The van der Waals surface area contributed by atoms with Crippen LogP contribution in [0.1, 0.15) is 232 Å². The number of aliphatic hydroxyl groups is 1. The van der Waals surface area contributed by atoms with E-state index in [1.807, 2.05) is 21.1 Å². The number of hydrogen-bond donors (Lipinski definition) is 3. The van der Waals surface area contributed by atoms with Crippen LogP contribution in [-0.2, 0) is 18.4 Å². The minimum atomic E-state index is -4.33. The van der Waals surface area contributed by atoms with E-state index in [0.717, 1.165) is 96.3 Å². The summed E-state index contributed by atoms with van der Waals surface area (Å²) in [7, 11) is 1.60. The third-order valence-electron chi connectivity index (χ3n) is 12.3. The zero-order valence-corrected chi connectivity index (χ0v) is 46.9. The van der Waals surface area contributed by atoms with E-state index < -0.39 is 20.0 Å². The number of phosphoric ester groups is 1. The van der Waals surface area contributed by atoms with Crippen LogP contribution in [0.4, 0.5) is 0 Å². The molecule has 404 valence electrons. The van der Waals surface area contributed by atoms with Gasteiger partial charge in [-0.1, -0.05) is 246 Å². The van der Waals surface area contributed by atoms with Crippen molar-refractivity contribution in [2.45, 2.75) is 244 Å². The van der Waals surface area contributed by atoms with Crippen molar-refractivity contribution in [1.29, 1.82) is 0 Å². The summed E-state index contributed by atoms with van der Waals surface area (Å²) in [6.07, 6.45) is 73.1. The van der Waals surface area contributed by atoms with Crippen LogP contribution < -0.4 is 5.32 Å². The fraction of sp³-hybridized carbons (Fsp3) is 0.721. The highest BCUT2D eigenvalue weighted by molar-refractivity contribution is 7.47. The summed E-state index contributed by atoms with van der Waals surface area (Å²) < 4.78 is 23.7. The number of nitrogens with zero attached hydrogens (tertiary/aromatic N) is 1. The van der Waals surface area contributed by atoms with E-state index in [1.165, 1.54) is 109 Å². The second-order valence-electron chi connectivity index (χ2n) is 20.3. The van der Waals surface area contributed by atoms with Crippen molar-refractivity contribution in [2.24, 2.45) is 0 Å². The highest BCUT2D eigenvalue weighted by Crippen LogP contribution is 2.43. The molecule has 8 nitrogen and oxygen atoms in total. The highest BCUT2D eigenvalue weighted by Gasteiger charge is 2.28. The number of nitrogens with one attached hydrogen (secondary N) is 1. The summed E-state index contributed by atoms with van der Waals surface area (Å²) in [5.41, 5.74) is 0. The Morgan fingerprint density at radius 3 is 1.26 bits per heavy atom. The van der Waals surface area contributed by atoms with Crippen LogP contribution in [0.25, 0.3) is 0 Å². The van der Waals surface area contributed by atoms with Crippen molar-refractivity contribution < 1.29 is 32.9 Å². The zero-order chi connectivity index (χ0) is 51.3. The zero-order valence-electron chi connectivity index (χ0n) is 46.0. The standard InChI is InChI=1S/C61H109N2O6P/c1-6-8-10-12-14-16-18-20-22-23-24-25-26-27-28-29-30-31-32-33-34-35-36-37-38-39-41-43-45-47-49-51-53-55-61(65)62-59(58-69-70(66,67)68-57-56-63(3,4)5)60(64)54-52-50-48-46-44-42-40-21-19-17-15-13-11-9-7-2/h8,10,14,16,20,22,24-25,27-28,30-31,33-34,36-37,59-60,64H,6-7,9,11-13,15,17-19,21,23,26,29,32,35,38-58H2,1-5H3,(H-,62,65,66,67)/p+1/b10-8-,16-14-,22-20-,25-24-,28-27-,31-30-,34-33-,37-36-. The number of rotatable bonds is 51. The molecule has 3 unspecified atom stereocenters. The van der Waals surface area contributed by atoms with Gasteiger partial charge in [0.25, 0.3) is 0 Å². The fourth-order valence-corrected chi connectivity index (χ4v) is 8.62. The van der Waals surface area contributed by atoms with E-state index in [4.69, 9.17) is 9.05 Å². The summed E-state index contributed by atoms with van der Waals surface area (Å²) in [5, 5.41) is 14.0. The molecule has 0 fully saturated rings. The molecule has 0 rings (SSSR count). The number of aliphatic hydroxyl groups excluding tert-OH is 1.